The lowest BCUT2D eigenvalue weighted by Crippen LogP contribution is -2.39. The Hall–Kier alpha value is -2.07. The van der Waals surface area contributed by atoms with Crippen LogP contribution in [0, 0.1) is 5.92 Å². The molecule has 1 aromatic rings. The normalized spacial score (nSPS) is 15.0. The summed E-state index contributed by atoms with van der Waals surface area (Å²) >= 11 is 0. The number of benzene rings is 1. The van der Waals surface area contributed by atoms with Crippen molar-refractivity contribution in [3.8, 4) is 5.75 Å². The van der Waals surface area contributed by atoms with Gasteiger partial charge in [-0.3, -0.25) is 9.69 Å². The number of nitrogens with one attached hydrogen (secondary N) is 1. The summed E-state index contributed by atoms with van der Waals surface area (Å²) in [5.74, 6) is 1.42. The Labute approximate surface area is 138 Å². The number of nitrogens with zero attached hydrogens (tertiary/aromatic N) is 1. The zero-order valence-electron chi connectivity index (χ0n) is 13.8. The molecule has 4 heteroatoms. The van der Waals surface area contributed by atoms with Crippen molar-refractivity contribution in [2.24, 2.45) is 5.92 Å². The molecule has 0 heterocycles. The van der Waals surface area contributed by atoms with Crippen molar-refractivity contribution in [2.75, 3.05) is 26.7 Å². The van der Waals surface area contributed by atoms with Gasteiger partial charge >= 0.3 is 0 Å². The molecule has 4 nitrogen and oxygen atoms in total. The zero-order valence-corrected chi connectivity index (χ0v) is 13.8. The van der Waals surface area contributed by atoms with Gasteiger partial charge < -0.3 is 10.1 Å². The van der Waals surface area contributed by atoms with E-state index in [4.69, 9.17) is 4.74 Å². The summed E-state index contributed by atoms with van der Waals surface area (Å²) < 4.78 is 5.20. The van der Waals surface area contributed by atoms with Gasteiger partial charge in [-0.1, -0.05) is 24.3 Å². The standard InChI is InChI=1S/C19H26N2O2/c1-4-12-21(13-5-2)14-18(22)20-19(15-6-7-15)16-8-10-17(23-3)11-9-16/h4-5,8-11,15,19H,1-2,6-7,12-14H2,3H3,(H,20,22). The van der Waals surface area contributed by atoms with Crippen LogP contribution in [0.25, 0.3) is 0 Å². The molecule has 1 atom stereocenters. The summed E-state index contributed by atoms with van der Waals surface area (Å²) in [5.41, 5.74) is 1.14. The predicted molar refractivity (Wildman–Crippen MR) is 93.4 cm³/mol. The molecule has 1 aliphatic carbocycles. The minimum Gasteiger partial charge on any atom is -0.497 e. The van der Waals surface area contributed by atoms with Crippen LogP contribution in [0.5, 0.6) is 5.75 Å². The minimum absolute atomic E-state index is 0.0430. The molecule has 0 aromatic heterocycles. The molecule has 1 aromatic carbocycles. The van der Waals surface area contributed by atoms with Crippen LogP contribution in [0.2, 0.25) is 0 Å². The predicted octanol–water partition coefficient (Wildman–Crippen LogP) is 2.94. The van der Waals surface area contributed by atoms with Crippen LogP contribution in [0.3, 0.4) is 0 Å². The third kappa shape index (κ3) is 5.25. The number of rotatable bonds is 10. The summed E-state index contributed by atoms with van der Waals surface area (Å²) in [4.78, 5) is 14.4. The van der Waals surface area contributed by atoms with Gasteiger partial charge in [-0.15, -0.1) is 13.2 Å². The average Bonchev–Trinajstić information content (AvgIpc) is 3.38. The van der Waals surface area contributed by atoms with Gasteiger partial charge in [-0.2, -0.15) is 0 Å². The number of amides is 1. The van der Waals surface area contributed by atoms with Gasteiger partial charge in [0, 0.05) is 13.1 Å². The second kappa shape index (κ2) is 8.53. The SMILES string of the molecule is C=CCN(CC=C)CC(=O)NC(c1ccc(OC)cc1)C1CC1. The van der Waals surface area contributed by atoms with Crippen molar-refractivity contribution in [1.29, 1.82) is 0 Å². The summed E-state index contributed by atoms with van der Waals surface area (Å²) in [5, 5.41) is 3.19. The lowest BCUT2D eigenvalue weighted by Gasteiger charge is -2.23. The number of carbonyl (C=O) groups excluding carboxylic acids is 1. The number of ether oxygens (including phenoxy) is 1. The van der Waals surface area contributed by atoms with Gasteiger partial charge in [0.15, 0.2) is 0 Å². The van der Waals surface area contributed by atoms with Crippen molar-refractivity contribution in [2.45, 2.75) is 18.9 Å². The Bertz CT molecular complexity index is 525. The first-order valence-corrected chi connectivity index (χ1v) is 8.05. The Morgan fingerprint density at radius 2 is 1.91 bits per heavy atom. The molecule has 1 N–H and O–H groups in total. The van der Waals surface area contributed by atoms with Crippen LogP contribution in [0.1, 0.15) is 24.4 Å². The number of hydrogen-bond donors (Lipinski definition) is 1. The first-order chi connectivity index (χ1) is 11.2. The van der Waals surface area contributed by atoms with Gasteiger partial charge in [-0.05, 0) is 36.5 Å². The molecule has 0 saturated heterocycles. The number of hydrogen-bond acceptors (Lipinski definition) is 3. The molecule has 1 amide bonds. The van der Waals surface area contributed by atoms with E-state index in [0.717, 1.165) is 11.3 Å². The van der Waals surface area contributed by atoms with E-state index in [1.807, 2.05) is 29.2 Å². The monoisotopic (exact) mass is 314 g/mol. The van der Waals surface area contributed by atoms with Gasteiger partial charge in [0.25, 0.3) is 0 Å². The van der Waals surface area contributed by atoms with Crippen molar-refractivity contribution in [3.63, 3.8) is 0 Å². The van der Waals surface area contributed by atoms with Crippen molar-refractivity contribution in [3.05, 3.63) is 55.1 Å². The van der Waals surface area contributed by atoms with E-state index < -0.39 is 0 Å². The zero-order chi connectivity index (χ0) is 16.7. The second-order valence-electron chi connectivity index (χ2n) is 5.93. The lowest BCUT2D eigenvalue weighted by atomic mass is 10.0. The Morgan fingerprint density at radius 3 is 2.39 bits per heavy atom. The molecule has 0 spiro atoms. The molecule has 0 bridgehead atoms. The van der Waals surface area contributed by atoms with Gasteiger partial charge in [0.2, 0.25) is 5.91 Å². The molecule has 1 aliphatic rings. The molecule has 23 heavy (non-hydrogen) atoms. The fourth-order valence-electron chi connectivity index (χ4n) is 2.71. The molecule has 1 fully saturated rings. The Balaban J connectivity index is 1.99. The van der Waals surface area contributed by atoms with E-state index in [1.54, 1.807) is 19.3 Å². The maximum absolute atomic E-state index is 12.4. The van der Waals surface area contributed by atoms with Crippen LogP contribution in [-0.2, 0) is 4.79 Å². The first kappa shape index (κ1) is 17.3. The fourth-order valence-corrected chi connectivity index (χ4v) is 2.71. The van der Waals surface area contributed by atoms with Crippen LogP contribution in [0.4, 0.5) is 0 Å². The van der Waals surface area contributed by atoms with Crippen LogP contribution < -0.4 is 10.1 Å². The van der Waals surface area contributed by atoms with Crippen LogP contribution in [0.15, 0.2) is 49.6 Å². The first-order valence-electron chi connectivity index (χ1n) is 8.05. The smallest absolute Gasteiger partial charge is 0.234 e. The highest BCUT2D eigenvalue weighted by Gasteiger charge is 2.33. The molecule has 124 valence electrons. The van der Waals surface area contributed by atoms with E-state index >= 15 is 0 Å². The topological polar surface area (TPSA) is 41.6 Å². The quantitative estimate of drug-likeness (QED) is 0.675. The molecular formula is C19H26N2O2. The van der Waals surface area contributed by atoms with E-state index in [9.17, 15) is 4.79 Å². The maximum Gasteiger partial charge on any atom is 0.234 e. The van der Waals surface area contributed by atoms with Gasteiger partial charge in [0.1, 0.15) is 5.75 Å². The third-order valence-electron chi connectivity index (χ3n) is 4.03. The number of methoxy groups -OCH3 is 1. The van der Waals surface area contributed by atoms with E-state index in [2.05, 4.69) is 18.5 Å². The highest BCUT2D eigenvalue weighted by atomic mass is 16.5. The van der Waals surface area contributed by atoms with E-state index in [-0.39, 0.29) is 11.9 Å². The molecule has 0 radical (unpaired) electrons. The largest absolute Gasteiger partial charge is 0.497 e. The molecule has 1 saturated carbocycles. The van der Waals surface area contributed by atoms with Crippen molar-refractivity contribution in [1.82, 2.24) is 10.2 Å². The lowest BCUT2D eigenvalue weighted by molar-refractivity contribution is -0.122. The van der Waals surface area contributed by atoms with Crippen LogP contribution >= 0.6 is 0 Å². The molecule has 0 aliphatic heterocycles. The Morgan fingerprint density at radius 1 is 1.30 bits per heavy atom. The van der Waals surface area contributed by atoms with E-state index in [0.29, 0.717) is 25.6 Å². The molecular weight excluding hydrogens is 288 g/mol. The van der Waals surface area contributed by atoms with E-state index in [1.165, 1.54) is 12.8 Å². The second-order valence-corrected chi connectivity index (χ2v) is 5.93. The summed E-state index contributed by atoms with van der Waals surface area (Å²) in [7, 11) is 1.66. The molecule has 2 rings (SSSR count). The fraction of sp³-hybridized carbons (Fsp3) is 0.421. The summed E-state index contributed by atoms with van der Waals surface area (Å²) in [6.07, 6.45) is 5.94. The Kier molecular flexibility index (Phi) is 6.41. The van der Waals surface area contributed by atoms with Gasteiger partial charge in [0.05, 0.1) is 19.7 Å². The highest BCUT2D eigenvalue weighted by Crippen LogP contribution is 2.41. The highest BCUT2D eigenvalue weighted by molar-refractivity contribution is 5.78. The maximum atomic E-state index is 12.4. The average molecular weight is 314 g/mol. The molecule has 1 unspecified atom stereocenters. The van der Waals surface area contributed by atoms with Crippen LogP contribution in [-0.4, -0.2) is 37.6 Å². The summed E-state index contributed by atoms with van der Waals surface area (Å²) in [6, 6.07) is 8.04. The third-order valence-corrected chi connectivity index (χ3v) is 4.03. The van der Waals surface area contributed by atoms with Crippen molar-refractivity contribution < 1.29 is 9.53 Å². The van der Waals surface area contributed by atoms with Crippen molar-refractivity contribution >= 4 is 5.91 Å². The minimum atomic E-state index is 0.0430. The van der Waals surface area contributed by atoms with Gasteiger partial charge in [-0.25, -0.2) is 0 Å². The summed E-state index contributed by atoms with van der Waals surface area (Å²) in [6.45, 7) is 9.18. The number of carbonyl (C=O) groups is 1.